The van der Waals surface area contributed by atoms with E-state index in [1.807, 2.05) is 36.7 Å². The lowest BCUT2D eigenvalue weighted by Crippen LogP contribution is -2.40. The number of rotatable bonds is 4. The zero-order chi connectivity index (χ0) is 19.7. The topological polar surface area (TPSA) is 117 Å². The first-order chi connectivity index (χ1) is 13.5. The molecule has 0 spiro atoms. The largest absolute Gasteiger partial charge is 0.761 e. The van der Waals surface area contributed by atoms with E-state index >= 15 is 0 Å². The molecule has 1 atom stereocenters. The van der Waals surface area contributed by atoms with Gasteiger partial charge in [-0.05, 0) is 42.8 Å². The zero-order valence-electron chi connectivity index (χ0n) is 15.2. The number of carbonyl (C=O) groups is 1. The number of fused-ring (bicyclic) bond motifs is 1. The number of aromatic amines is 1. The zero-order valence-corrected chi connectivity index (χ0v) is 15.2. The van der Waals surface area contributed by atoms with Crippen LogP contribution in [0, 0.1) is 5.21 Å². The van der Waals surface area contributed by atoms with Gasteiger partial charge in [0.05, 0.1) is 29.1 Å². The summed E-state index contributed by atoms with van der Waals surface area (Å²) in [7, 11) is 0. The van der Waals surface area contributed by atoms with Crippen molar-refractivity contribution in [2.75, 3.05) is 10.8 Å². The molecule has 142 valence electrons. The lowest BCUT2D eigenvalue weighted by Gasteiger charge is -2.31. The van der Waals surface area contributed by atoms with Gasteiger partial charge in [0.25, 0.3) is 5.91 Å². The number of hydrogen-bond donors (Lipinski definition) is 5. The minimum atomic E-state index is -0.445. The number of amides is 1. The molecule has 8 nitrogen and oxygen atoms in total. The van der Waals surface area contributed by atoms with Gasteiger partial charge in [-0.25, -0.2) is 0 Å². The summed E-state index contributed by atoms with van der Waals surface area (Å²) in [5, 5.41) is 28.0. The maximum Gasteiger partial charge on any atom is 0.255 e. The minimum absolute atomic E-state index is 0.252. The normalized spacial score (nSPS) is 16.5. The molecule has 0 aliphatic carbocycles. The Labute approximate surface area is 161 Å². The molecule has 2 aromatic carbocycles. The minimum Gasteiger partial charge on any atom is -0.761 e. The highest BCUT2D eigenvalue weighted by Gasteiger charge is 2.29. The highest BCUT2D eigenvalue weighted by molar-refractivity contribution is 6.06. The summed E-state index contributed by atoms with van der Waals surface area (Å²) in [5.74, 6) is 0.331. The van der Waals surface area contributed by atoms with Crippen LogP contribution in [-0.4, -0.2) is 16.1 Å². The lowest BCUT2D eigenvalue weighted by atomic mass is 9.94. The second-order valence-electron chi connectivity index (χ2n) is 6.57. The molecular formula is C20H19N6O2-. The summed E-state index contributed by atoms with van der Waals surface area (Å²) in [6.07, 6.45) is 1.70. The van der Waals surface area contributed by atoms with Gasteiger partial charge in [0.1, 0.15) is 0 Å². The maximum atomic E-state index is 13.1. The molecule has 4 rings (SSSR count). The van der Waals surface area contributed by atoms with E-state index < -0.39 is 6.04 Å². The Kier molecular flexibility index (Phi) is 4.46. The third-order valence-corrected chi connectivity index (χ3v) is 4.63. The molecule has 3 aromatic rings. The van der Waals surface area contributed by atoms with Crippen molar-refractivity contribution in [3.05, 3.63) is 83.1 Å². The average molecular weight is 375 g/mol. The second kappa shape index (κ2) is 7.09. The van der Waals surface area contributed by atoms with Crippen molar-refractivity contribution >= 4 is 28.2 Å². The summed E-state index contributed by atoms with van der Waals surface area (Å²) >= 11 is 0. The van der Waals surface area contributed by atoms with Crippen molar-refractivity contribution in [2.24, 2.45) is 0 Å². The van der Waals surface area contributed by atoms with E-state index in [1.165, 1.54) is 0 Å². The molecule has 1 aromatic heterocycles. The fraction of sp³-hybridized carbons (Fsp3) is 0.100. The molecule has 8 heteroatoms. The summed E-state index contributed by atoms with van der Waals surface area (Å²) in [6, 6.07) is 12.1. The average Bonchev–Trinajstić information content (AvgIpc) is 3.15. The number of benzene rings is 2. The first-order valence-electron chi connectivity index (χ1n) is 8.71. The SMILES string of the molecule is C=C1NC(C)=C(C(=O)Nc2ccc3[nH]ncc3c2)C(c2cccc(N[O-])c2)N1. The van der Waals surface area contributed by atoms with Crippen LogP contribution < -0.4 is 21.4 Å². The van der Waals surface area contributed by atoms with Crippen molar-refractivity contribution in [2.45, 2.75) is 13.0 Å². The Morgan fingerprint density at radius 1 is 1.21 bits per heavy atom. The van der Waals surface area contributed by atoms with Crippen molar-refractivity contribution in [1.82, 2.24) is 20.8 Å². The summed E-state index contributed by atoms with van der Waals surface area (Å²) < 4.78 is 0. The third kappa shape index (κ3) is 3.28. The molecule has 1 amide bonds. The molecule has 0 saturated carbocycles. The van der Waals surface area contributed by atoms with E-state index in [4.69, 9.17) is 0 Å². The first kappa shape index (κ1) is 17.6. The predicted octanol–water partition coefficient (Wildman–Crippen LogP) is 3.09. The number of nitrogens with one attached hydrogen (secondary N) is 5. The van der Waals surface area contributed by atoms with Gasteiger partial charge in [0, 0.05) is 22.5 Å². The van der Waals surface area contributed by atoms with Gasteiger partial charge in [-0.1, -0.05) is 18.7 Å². The fourth-order valence-electron chi connectivity index (χ4n) is 3.34. The molecule has 5 N–H and O–H groups in total. The van der Waals surface area contributed by atoms with E-state index in [1.54, 1.807) is 24.4 Å². The molecule has 1 aliphatic heterocycles. The standard InChI is InChI=1S/C20H19N6O2/c1-11-18(20(27)24-15-6-7-17-14(9-15)10-21-25-17)19(23-12(2)22-11)13-4-3-5-16(8-13)26-28/h3-10,19,22-23,26H,2H2,1H3,(H,21,25)(H,24,27)/q-1. The van der Waals surface area contributed by atoms with Crippen LogP contribution in [0.1, 0.15) is 18.5 Å². The number of allylic oxidation sites excluding steroid dienone is 1. The third-order valence-electron chi connectivity index (χ3n) is 4.63. The van der Waals surface area contributed by atoms with Crippen molar-refractivity contribution in [3.8, 4) is 0 Å². The fourth-order valence-corrected chi connectivity index (χ4v) is 3.34. The van der Waals surface area contributed by atoms with E-state index in [0.717, 1.165) is 16.5 Å². The highest BCUT2D eigenvalue weighted by Crippen LogP contribution is 2.30. The first-order valence-corrected chi connectivity index (χ1v) is 8.71. The maximum absolute atomic E-state index is 13.1. The molecule has 2 heterocycles. The van der Waals surface area contributed by atoms with Crippen molar-refractivity contribution in [3.63, 3.8) is 0 Å². The van der Waals surface area contributed by atoms with Crippen molar-refractivity contribution in [1.29, 1.82) is 0 Å². The molecular weight excluding hydrogens is 356 g/mol. The number of nitrogens with zero attached hydrogens (tertiary/aromatic N) is 1. The Balaban J connectivity index is 1.67. The molecule has 1 unspecified atom stereocenters. The van der Waals surface area contributed by atoms with Crippen LogP contribution >= 0.6 is 0 Å². The van der Waals surface area contributed by atoms with Crippen molar-refractivity contribution < 1.29 is 4.79 Å². The van der Waals surface area contributed by atoms with Crippen LogP contribution in [0.25, 0.3) is 10.9 Å². The van der Waals surface area contributed by atoms with E-state index in [2.05, 4.69) is 32.7 Å². The molecule has 1 aliphatic rings. The van der Waals surface area contributed by atoms with Gasteiger partial charge in [0.15, 0.2) is 0 Å². The number of carbonyl (C=O) groups excluding carboxylic acids is 1. The van der Waals surface area contributed by atoms with Crippen LogP contribution in [0.3, 0.4) is 0 Å². The molecule has 28 heavy (non-hydrogen) atoms. The van der Waals surface area contributed by atoms with E-state index in [0.29, 0.717) is 28.5 Å². The van der Waals surface area contributed by atoms with Gasteiger partial charge < -0.3 is 26.6 Å². The lowest BCUT2D eigenvalue weighted by molar-refractivity contribution is -0.113. The Morgan fingerprint density at radius 3 is 2.89 bits per heavy atom. The van der Waals surface area contributed by atoms with Crippen LogP contribution in [-0.2, 0) is 4.79 Å². The van der Waals surface area contributed by atoms with Gasteiger partial charge in [-0.2, -0.15) is 5.10 Å². The van der Waals surface area contributed by atoms with Crippen LogP contribution in [0.5, 0.6) is 0 Å². The van der Waals surface area contributed by atoms with Gasteiger partial charge in [-0.15, -0.1) is 0 Å². The number of aromatic nitrogens is 2. The monoisotopic (exact) mass is 375 g/mol. The van der Waals surface area contributed by atoms with Gasteiger partial charge in [0.2, 0.25) is 0 Å². The Bertz CT molecular complexity index is 1100. The second-order valence-corrected chi connectivity index (χ2v) is 6.57. The van der Waals surface area contributed by atoms with Gasteiger partial charge >= 0.3 is 0 Å². The summed E-state index contributed by atoms with van der Waals surface area (Å²) in [6.45, 7) is 5.74. The van der Waals surface area contributed by atoms with Crippen LogP contribution in [0.15, 0.2) is 72.3 Å². The Hall–Kier alpha value is -3.78. The Morgan fingerprint density at radius 2 is 2.07 bits per heavy atom. The summed E-state index contributed by atoms with van der Waals surface area (Å²) in [4.78, 5) is 13.1. The molecule has 0 bridgehead atoms. The molecule has 0 saturated heterocycles. The molecule has 0 fully saturated rings. The number of anilines is 2. The van der Waals surface area contributed by atoms with Crippen LogP contribution in [0.4, 0.5) is 11.4 Å². The van der Waals surface area contributed by atoms with E-state index in [-0.39, 0.29) is 5.91 Å². The highest BCUT2D eigenvalue weighted by atomic mass is 16.5. The quantitative estimate of drug-likeness (QED) is 0.448. The van der Waals surface area contributed by atoms with E-state index in [9.17, 15) is 10.0 Å². The smallest absolute Gasteiger partial charge is 0.255 e. The number of H-pyrrole nitrogens is 1. The number of hydrogen-bond acceptors (Lipinski definition) is 6. The summed E-state index contributed by atoms with van der Waals surface area (Å²) in [5.41, 5.74) is 5.85. The van der Waals surface area contributed by atoms with Gasteiger partial charge in [-0.3, -0.25) is 9.89 Å². The molecule has 0 radical (unpaired) electrons. The van der Waals surface area contributed by atoms with Crippen LogP contribution in [0.2, 0.25) is 0 Å². The predicted molar refractivity (Wildman–Crippen MR) is 109 cm³/mol.